The third-order valence-electron chi connectivity index (χ3n) is 4.74. The van der Waals surface area contributed by atoms with E-state index in [1.54, 1.807) is 24.3 Å². The zero-order valence-electron chi connectivity index (χ0n) is 17.1. The Bertz CT molecular complexity index is 1140. The fraction of sp³-hybridized carbons (Fsp3) is 0.217. The lowest BCUT2D eigenvalue weighted by molar-refractivity contribution is 0.0976. The fourth-order valence-electron chi connectivity index (χ4n) is 2.90. The number of hydrogen-bond acceptors (Lipinski definition) is 4. The molecule has 2 N–H and O–H groups in total. The van der Waals surface area contributed by atoms with Gasteiger partial charge < -0.3 is 5.32 Å². The van der Waals surface area contributed by atoms with Gasteiger partial charge in [0.2, 0.25) is 0 Å². The van der Waals surface area contributed by atoms with Crippen LogP contribution in [0.25, 0.3) is 11.3 Å². The quantitative estimate of drug-likeness (QED) is 0.427. The molecule has 31 heavy (non-hydrogen) atoms. The van der Waals surface area contributed by atoms with Crippen LogP contribution in [0, 0.1) is 28.9 Å². The molecule has 0 bridgehead atoms. The SMILES string of the molecule is CCC(C)CC(=Nc1cc(-c2cc(F)cc(F)c2)[nH]n1)NC(=O)c1cccc(C#N)c1. The first-order valence-corrected chi connectivity index (χ1v) is 9.79. The zero-order chi connectivity index (χ0) is 22.4. The molecule has 1 amide bonds. The first kappa shape index (κ1) is 21.8. The molecular formula is C23H21F2N5O. The summed E-state index contributed by atoms with van der Waals surface area (Å²) in [6, 6.07) is 13.1. The van der Waals surface area contributed by atoms with Crippen LogP contribution in [0.4, 0.5) is 14.6 Å². The molecule has 0 saturated heterocycles. The van der Waals surface area contributed by atoms with E-state index >= 15 is 0 Å². The number of aromatic nitrogens is 2. The Hall–Kier alpha value is -3.86. The van der Waals surface area contributed by atoms with Crippen molar-refractivity contribution in [2.45, 2.75) is 26.7 Å². The highest BCUT2D eigenvalue weighted by Crippen LogP contribution is 2.23. The molecule has 0 aliphatic rings. The molecule has 8 heteroatoms. The average molecular weight is 421 g/mol. The van der Waals surface area contributed by atoms with Gasteiger partial charge in [0.25, 0.3) is 5.91 Å². The van der Waals surface area contributed by atoms with Crippen LogP contribution < -0.4 is 5.32 Å². The number of rotatable bonds is 6. The number of aliphatic imine (C=N–C) groups is 1. The van der Waals surface area contributed by atoms with Crippen molar-refractivity contribution in [2.75, 3.05) is 0 Å². The number of carbonyl (C=O) groups excluding carboxylic acids is 1. The van der Waals surface area contributed by atoms with E-state index in [0.717, 1.165) is 12.5 Å². The summed E-state index contributed by atoms with van der Waals surface area (Å²) in [7, 11) is 0. The molecule has 0 aliphatic carbocycles. The van der Waals surface area contributed by atoms with E-state index in [-0.39, 0.29) is 17.6 Å². The summed E-state index contributed by atoms with van der Waals surface area (Å²) < 4.78 is 27.0. The zero-order valence-corrected chi connectivity index (χ0v) is 17.1. The number of halogens is 2. The first-order chi connectivity index (χ1) is 14.9. The van der Waals surface area contributed by atoms with Crippen LogP contribution in [-0.2, 0) is 0 Å². The molecule has 1 atom stereocenters. The lowest BCUT2D eigenvalue weighted by Gasteiger charge is -2.12. The first-order valence-electron chi connectivity index (χ1n) is 9.79. The molecule has 1 heterocycles. The minimum Gasteiger partial charge on any atom is -0.310 e. The van der Waals surface area contributed by atoms with Gasteiger partial charge in [-0.15, -0.1) is 0 Å². The van der Waals surface area contributed by atoms with Gasteiger partial charge in [-0.2, -0.15) is 10.4 Å². The second-order valence-corrected chi connectivity index (χ2v) is 7.22. The normalized spacial score (nSPS) is 12.3. The maximum Gasteiger partial charge on any atom is 0.256 e. The van der Waals surface area contributed by atoms with Gasteiger partial charge in [-0.05, 0) is 36.2 Å². The van der Waals surface area contributed by atoms with Gasteiger partial charge in [0.1, 0.15) is 17.5 Å². The van der Waals surface area contributed by atoms with E-state index < -0.39 is 11.6 Å². The largest absolute Gasteiger partial charge is 0.310 e. The standard InChI is InChI=1S/C23H21F2N5O/c1-3-14(2)7-21(28-23(31)16-6-4-5-15(8-16)13-26)27-22-12-20(29-30-22)17-9-18(24)11-19(25)10-17/h4-6,8-12,14H,3,7H2,1-2H3,(H2,27,28,29,30,31). The third-order valence-corrected chi connectivity index (χ3v) is 4.74. The Balaban J connectivity index is 1.87. The van der Waals surface area contributed by atoms with E-state index in [0.29, 0.717) is 34.6 Å². The number of nitrogens with one attached hydrogen (secondary N) is 2. The second-order valence-electron chi connectivity index (χ2n) is 7.22. The molecule has 0 fully saturated rings. The maximum absolute atomic E-state index is 13.5. The third kappa shape index (κ3) is 5.82. The predicted octanol–water partition coefficient (Wildman–Crippen LogP) is 5.12. The van der Waals surface area contributed by atoms with Crippen molar-refractivity contribution >= 4 is 17.6 Å². The van der Waals surface area contributed by atoms with E-state index in [9.17, 15) is 13.6 Å². The van der Waals surface area contributed by atoms with Gasteiger partial charge in [0, 0.05) is 29.7 Å². The van der Waals surface area contributed by atoms with Crippen molar-refractivity contribution in [3.05, 3.63) is 71.3 Å². The Morgan fingerprint density at radius 3 is 2.65 bits per heavy atom. The Morgan fingerprint density at radius 2 is 1.97 bits per heavy atom. The molecule has 2 aromatic carbocycles. The Morgan fingerprint density at radius 1 is 1.23 bits per heavy atom. The van der Waals surface area contributed by atoms with E-state index in [2.05, 4.69) is 20.5 Å². The van der Waals surface area contributed by atoms with Gasteiger partial charge in [0.15, 0.2) is 5.82 Å². The van der Waals surface area contributed by atoms with E-state index in [1.807, 2.05) is 19.9 Å². The lowest BCUT2D eigenvalue weighted by Crippen LogP contribution is -2.31. The molecule has 1 unspecified atom stereocenters. The van der Waals surface area contributed by atoms with Crippen LogP contribution in [0.3, 0.4) is 0 Å². The number of amidine groups is 1. The second kappa shape index (κ2) is 9.76. The summed E-state index contributed by atoms with van der Waals surface area (Å²) in [5.41, 5.74) is 1.42. The molecule has 6 nitrogen and oxygen atoms in total. The van der Waals surface area contributed by atoms with Crippen molar-refractivity contribution in [2.24, 2.45) is 10.9 Å². The average Bonchev–Trinajstić information content (AvgIpc) is 3.21. The van der Waals surface area contributed by atoms with Crippen LogP contribution in [0.15, 0.2) is 53.5 Å². The van der Waals surface area contributed by atoms with Crippen LogP contribution in [0.5, 0.6) is 0 Å². The molecule has 0 saturated carbocycles. The number of nitriles is 1. The number of carbonyl (C=O) groups is 1. The smallest absolute Gasteiger partial charge is 0.256 e. The highest BCUT2D eigenvalue weighted by Gasteiger charge is 2.14. The summed E-state index contributed by atoms with van der Waals surface area (Å²) in [5, 5.41) is 18.6. The van der Waals surface area contributed by atoms with Crippen molar-refractivity contribution < 1.29 is 13.6 Å². The van der Waals surface area contributed by atoms with Crippen molar-refractivity contribution in [1.82, 2.24) is 15.5 Å². The summed E-state index contributed by atoms with van der Waals surface area (Å²) in [6.07, 6.45) is 1.38. The fourth-order valence-corrected chi connectivity index (χ4v) is 2.90. The van der Waals surface area contributed by atoms with Gasteiger partial charge in [0.05, 0.1) is 17.3 Å². The minimum absolute atomic E-state index is 0.250. The number of amides is 1. The van der Waals surface area contributed by atoms with Gasteiger partial charge in [-0.25, -0.2) is 13.8 Å². The summed E-state index contributed by atoms with van der Waals surface area (Å²) in [5.74, 6) is -0.852. The van der Waals surface area contributed by atoms with Gasteiger partial charge >= 0.3 is 0 Å². The number of nitrogens with zero attached hydrogens (tertiary/aromatic N) is 3. The van der Waals surface area contributed by atoms with Gasteiger partial charge in [-0.1, -0.05) is 26.3 Å². The Labute approximate surface area is 178 Å². The molecule has 1 aromatic heterocycles. The van der Waals surface area contributed by atoms with Crippen LogP contribution in [0.2, 0.25) is 0 Å². The Kier molecular flexibility index (Phi) is 6.88. The summed E-state index contributed by atoms with van der Waals surface area (Å²) >= 11 is 0. The van der Waals surface area contributed by atoms with Crippen LogP contribution in [0.1, 0.15) is 42.6 Å². The number of H-pyrrole nitrogens is 1. The molecule has 0 radical (unpaired) electrons. The van der Waals surface area contributed by atoms with Crippen molar-refractivity contribution in [1.29, 1.82) is 5.26 Å². The van der Waals surface area contributed by atoms with Crippen molar-refractivity contribution in [3.63, 3.8) is 0 Å². The highest BCUT2D eigenvalue weighted by molar-refractivity contribution is 6.07. The summed E-state index contributed by atoms with van der Waals surface area (Å²) in [6.45, 7) is 4.06. The summed E-state index contributed by atoms with van der Waals surface area (Å²) in [4.78, 5) is 17.1. The molecule has 3 rings (SSSR count). The number of aromatic amines is 1. The number of benzene rings is 2. The molecule has 0 spiro atoms. The molecule has 158 valence electrons. The monoisotopic (exact) mass is 421 g/mol. The van der Waals surface area contributed by atoms with Crippen molar-refractivity contribution in [3.8, 4) is 17.3 Å². The maximum atomic E-state index is 13.5. The van der Waals surface area contributed by atoms with E-state index in [1.165, 1.54) is 18.2 Å². The molecule has 3 aromatic rings. The number of hydrogen-bond donors (Lipinski definition) is 2. The van der Waals surface area contributed by atoms with Gasteiger partial charge in [-0.3, -0.25) is 9.89 Å². The lowest BCUT2D eigenvalue weighted by atomic mass is 10.0. The minimum atomic E-state index is -0.695. The van der Waals surface area contributed by atoms with Crippen LogP contribution >= 0.6 is 0 Å². The molecule has 0 aliphatic heterocycles. The topological polar surface area (TPSA) is 93.9 Å². The predicted molar refractivity (Wildman–Crippen MR) is 114 cm³/mol. The molecular weight excluding hydrogens is 400 g/mol. The van der Waals surface area contributed by atoms with E-state index in [4.69, 9.17) is 5.26 Å². The highest BCUT2D eigenvalue weighted by atomic mass is 19.1. The van der Waals surface area contributed by atoms with Crippen LogP contribution in [-0.4, -0.2) is 21.9 Å².